The van der Waals surface area contributed by atoms with E-state index in [9.17, 15) is 9.18 Å². The van der Waals surface area contributed by atoms with Crippen molar-refractivity contribution in [2.24, 2.45) is 11.0 Å². The predicted molar refractivity (Wildman–Crippen MR) is 106 cm³/mol. The Kier molecular flexibility index (Phi) is 5.14. The van der Waals surface area contributed by atoms with E-state index in [2.05, 4.69) is 17.5 Å². The van der Waals surface area contributed by atoms with Gasteiger partial charge in [-0.25, -0.2) is 9.82 Å². The van der Waals surface area contributed by atoms with Crippen LogP contribution in [0, 0.1) is 11.7 Å². The van der Waals surface area contributed by atoms with E-state index >= 15 is 0 Å². The number of rotatable bonds is 3. The van der Waals surface area contributed by atoms with Crippen molar-refractivity contribution in [3.05, 3.63) is 51.0 Å². The summed E-state index contributed by atoms with van der Waals surface area (Å²) in [5.41, 5.74) is 5.56. The van der Waals surface area contributed by atoms with Crippen LogP contribution in [-0.4, -0.2) is 17.4 Å². The number of thioether (sulfide) groups is 1. The molecular weight excluding hydrogens is 367 g/mol. The smallest absolute Gasteiger partial charge is 0.266 e. The summed E-state index contributed by atoms with van der Waals surface area (Å²) in [6.45, 7) is 2.23. The van der Waals surface area contributed by atoms with E-state index in [0.29, 0.717) is 0 Å². The van der Waals surface area contributed by atoms with Gasteiger partial charge in [-0.05, 0) is 55.0 Å². The van der Waals surface area contributed by atoms with Crippen molar-refractivity contribution in [1.82, 2.24) is 5.43 Å². The van der Waals surface area contributed by atoms with E-state index in [-0.39, 0.29) is 11.7 Å². The van der Waals surface area contributed by atoms with Gasteiger partial charge in [0.25, 0.3) is 5.91 Å². The van der Waals surface area contributed by atoms with Crippen molar-refractivity contribution in [3.8, 4) is 0 Å². The molecule has 136 valence electrons. The molecule has 2 aliphatic rings. The number of aryl methyl sites for hydroxylation is 1. The van der Waals surface area contributed by atoms with Crippen LogP contribution in [-0.2, 0) is 12.8 Å². The second-order valence-electron chi connectivity index (χ2n) is 6.81. The molecule has 2 aromatic rings. The maximum Gasteiger partial charge on any atom is 0.281 e. The molecule has 1 aliphatic heterocycles. The van der Waals surface area contributed by atoms with E-state index < -0.39 is 0 Å². The Morgan fingerprint density at radius 1 is 1.35 bits per heavy atom. The number of amides is 1. The second-order valence-corrected chi connectivity index (χ2v) is 9.09. The summed E-state index contributed by atoms with van der Waals surface area (Å²) in [5.74, 6) is 1.18. The highest BCUT2D eigenvalue weighted by Gasteiger charge is 2.22. The van der Waals surface area contributed by atoms with E-state index in [1.807, 2.05) is 6.07 Å². The summed E-state index contributed by atoms with van der Waals surface area (Å²) in [4.78, 5) is 15.6. The number of hydrazone groups is 1. The number of nitrogens with zero attached hydrogens (tertiary/aromatic N) is 1. The maximum atomic E-state index is 13.6. The summed E-state index contributed by atoms with van der Waals surface area (Å²) in [7, 11) is 0. The van der Waals surface area contributed by atoms with Gasteiger partial charge >= 0.3 is 0 Å². The van der Waals surface area contributed by atoms with Gasteiger partial charge in [-0.1, -0.05) is 13.3 Å². The van der Waals surface area contributed by atoms with Gasteiger partial charge < -0.3 is 0 Å². The van der Waals surface area contributed by atoms with Crippen molar-refractivity contribution in [2.45, 2.75) is 43.9 Å². The van der Waals surface area contributed by atoms with E-state index in [0.717, 1.165) is 52.0 Å². The normalized spacial score (nSPS) is 20.5. The zero-order chi connectivity index (χ0) is 18.1. The first kappa shape index (κ1) is 17.7. The van der Waals surface area contributed by atoms with Gasteiger partial charge in [0.2, 0.25) is 0 Å². The largest absolute Gasteiger partial charge is 0.281 e. The fourth-order valence-electron chi connectivity index (χ4n) is 3.59. The van der Waals surface area contributed by atoms with Crippen molar-refractivity contribution in [2.75, 3.05) is 5.75 Å². The van der Waals surface area contributed by atoms with Crippen LogP contribution in [0.25, 0.3) is 0 Å². The van der Waals surface area contributed by atoms with Gasteiger partial charge in [-0.2, -0.15) is 5.10 Å². The van der Waals surface area contributed by atoms with Crippen LogP contribution in [0.1, 0.15) is 51.9 Å². The van der Waals surface area contributed by atoms with Crippen molar-refractivity contribution < 1.29 is 9.18 Å². The number of carbonyl (C=O) groups excluding carboxylic acids is 1. The first-order valence-corrected chi connectivity index (χ1v) is 10.9. The van der Waals surface area contributed by atoms with Crippen molar-refractivity contribution >= 4 is 34.7 Å². The number of carbonyl (C=O) groups is 1. The molecule has 0 saturated heterocycles. The SMILES string of the molecule is CC[C@@H]1CCc2sc(C(=O)N/N=C3/CCSc4ccc(F)cc43)cc2C1. The zero-order valence-corrected chi connectivity index (χ0v) is 16.3. The third kappa shape index (κ3) is 3.58. The predicted octanol–water partition coefficient (Wildman–Crippen LogP) is 5.03. The molecule has 4 rings (SSSR count). The lowest BCUT2D eigenvalue weighted by atomic mass is 9.87. The summed E-state index contributed by atoms with van der Waals surface area (Å²) in [5, 5.41) is 4.32. The standard InChI is InChI=1S/C20H21FN2OS2/c1-2-12-3-5-17-13(9-12)10-19(26-17)20(24)23-22-16-7-8-25-18-6-4-14(21)11-15(16)18/h4,6,10-12H,2-3,5,7-9H2,1H3,(H,23,24)/b22-16-/t12-/m1/s1. The minimum atomic E-state index is -0.276. The lowest BCUT2D eigenvalue weighted by molar-refractivity contribution is 0.0958. The fraction of sp³-hybridized carbons (Fsp3) is 0.400. The molecule has 1 aliphatic carbocycles. The number of thiophene rings is 1. The molecule has 1 aromatic carbocycles. The van der Waals surface area contributed by atoms with Crippen molar-refractivity contribution in [1.29, 1.82) is 0 Å². The third-order valence-electron chi connectivity index (χ3n) is 5.13. The molecule has 1 atom stereocenters. The van der Waals surface area contributed by atoms with E-state index in [1.165, 1.54) is 35.4 Å². The molecule has 1 amide bonds. The molecule has 6 heteroatoms. The van der Waals surface area contributed by atoms with Gasteiger partial charge in [0.1, 0.15) is 5.82 Å². The molecule has 1 aromatic heterocycles. The average Bonchev–Trinajstić information content (AvgIpc) is 3.09. The van der Waals surface area contributed by atoms with Gasteiger partial charge in [0.05, 0.1) is 10.6 Å². The maximum absolute atomic E-state index is 13.6. The zero-order valence-electron chi connectivity index (χ0n) is 14.7. The van der Waals surface area contributed by atoms with Gasteiger partial charge in [0.15, 0.2) is 0 Å². The minimum Gasteiger partial charge on any atom is -0.266 e. The van der Waals surface area contributed by atoms with Crippen LogP contribution in [0.5, 0.6) is 0 Å². The molecule has 0 unspecified atom stereocenters. The van der Waals surface area contributed by atoms with Gasteiger partial charge in [-0.3, -0.25) is 4.79 Å². The van der Waals surface area contributed by atoms with Crippen LogP contribution >= 0.6 is 23.1 Å². The summed E-state index contributed by atoms with van der Waals surface area (Å²) >= 11 is 3.28. The summed E-state index contributed by atoms with van der Waals surface area (Å²) < 4.78 is 13.6. The first-order chi connectivity index (χ1) is 12.6. The molecule has 3 nitrogen and oxygen atoms in total. The third-order valence-corrected chi connectivity index (χ3v) is 7.44. The topological polar surface area (TPSA) is 41.5 Å². The Hall–Kier alpha value is -1.66. The molecule has 0 radical (unpaired) electrons. The Bertz CT molecular complexity index is 875. The second kappa shape index (κ2) is 7.53. The van der Waals surface area contributed by atoms with Crippen LogP contribution < -0.4 is 5.43 Å². The first-order valence-electron chi connectivity index (χ1n) is 9.05. The number of hydrogen-bond acceptors (Lipinski definition) is 4. The molecule has 0 fully saturated rings. The van der Waals surface area contributed by atoms with Crippen LogP contribution in [0.15, 0.2) is 34.3 Å². The molecule has 26 heavy (non-hydrogen) atoms. The lowest BCUT2D eigenvalue weighted by Crippen LogP contribution is -2.21. The monoisotopic (exact) mass is 388 g/mol. The number of halogens is 1. The van der Waals surface area contributed by atoms with Crippen LogP contribution in [0.3, 0.4) is 0 Å². The van der Waals surface area contributed by atoms with Crippen LogP contribution in [0.2, 0.25) is 0 Å². The molecule has 0 bridgehead atoms. The average molecular weight is 389 g/mol. The number of benzene rings is 1. The van der Waals surface area contributed by atoms with Crippen molar-refractivity contribution in [3.63, 3.8) is 0 Å². The van der Waals surface area contributed by atoms with E-state index in [4.69, 9.17) is 0 Å². The Labute approximate surface area is 161 Å². The highest BCUT2D eigenvalue weighted by Crippen LogP contribution is 2.34. The molecule has 0 saturated carbocycles. The molecule has 0 spiro atoms. The quantitative estimate of drug-likeness (QED) is 0.749. The number of hydrogen-bond donors (Lipinski definition) is 1. The Balaban J connectivity index is 1.51. The van der Waals surface area contributed by atoms with Gasteiger partial charge in [0, 0.05) is 27.5 Å². The number of fused-ring (bicyclic) bond motifs is 2. The Morgan fingerprint density at radius 3 is 3.08 bits per heavy atom. The van der Waals surface area contributed by atoms with Gasteiger partial charge in [-0.15, -0.1) is 23.1 Å². The summed E-state index contributed by atoms with van der Waals surface area (Å²) in [6.07, 6.45) is 5.28. The van der Waals surface area contributed by atoms with E-state index in [1.54, 1.807) is 29.2 Å². The Morgan fingerprint density at radius 2 is 2.23 bits per heavy atom. The molecule has 2 heterocycles. The lowest BCUT2D eigenvalue weighted by Gasteiger charge is -2.19. The summed E-state index contributed by atoms with van der Waals surface area (Å²) in [6, 6.07) is 6.78. The molecular formula is C20H21FN2OS2. The van der Waals surface area contributed by atoms with Crippen LogP contribution in [0.4, 0.5) is 4.39 Å². The highest BCUT2D eigenvalue weighted by atomic mass is 32.2. The number of nitrogens with one attached hydrogen (secondary N) is 1. The molecule has 1 N–H and O–H groups in total. The fourth-order valence-corrected chi connectivity index (χ4v) is 5.70. The minimum absolute atomic E-state index is 0.166. The highest BCUT2D eigenvalue weighted by molar-refractivity contribution is 7.99.